The fourth-order valence-corrected chi connectivity index (χ4v) is 3.02. The summed E-state index contributed by atoms with van der Waals surface area (Å²) in [6.45, 7) is 0. The average molecular weight is 390 g/mol. The molecule has 0 spiro atoms. The van der Waals surface area contributed by atoms with E-state index in [0.717, 1.165) is 21.3 Å². The predicted molar refractivity (Wildman–Crippen MR) is 90.9 cm³/mol. The molecule has 2 rings (SSSR count). The van der Waals surface area contributed by atoms with Crippen LogP contribution in [-0.2, 0) is 6.42 Å². The van der Waals surface area contributed by atoms with Gasteiger partial charge in [0, 0.05) is 4.47 Å². The number of hydrazine groups is 1. The summed E-state index contributed by atoms with van der Waals surface area (Å²) in [5.41, 5.74) is 4.67. The van der Waals surface area contributed by atoms with E-state index < -0.39 is 0 Å². The summed E-state index contributed by atoms with van der Waals surface area (Å²) in [5.74, 6) is 6.50. The first-order valence-electron chi connectivity index (χ1n) is 6.29. The van der Waals surface area contributed by atoms with E-state index in [2.05, 4.69) is 21.4 Å². The Morgan fingerprint density at radius 1 is 1.29 bits per heavy atom. The number of rotatable bonds is 5. The number of benzene rings is 2. The summed E-state index contributed by atoms with van der Waals surface area (Å²) in [6, 6.07) is 11.2. The largest absolute Gasteiger partial charge is 0.496 e. The minimum atomic E-state index is -0.167. The molecule has 0 saturated carbocycles. The van der Waals surface area contributed by atoms with Crippen molar-refractivity contribution >= 4 is 39.1 Å². The van der Waals surface area contributed by atoms with Gasteiger partial charge in [0.15, 0.2) is 0 Å². The summed E-state index contributed by atoms with van der Waals surface area (Å²) in [4.78, 5) is 0. The molecule has 2 aromatic carbocycles. The summed E-state index contributed by atoms with van der Waals surface area (Å²) in [7, 11) is 1.64. The maximum absolute atomic E-state index is 6.27. The van der Waals surface area contributed by atoms with Crippen molar-refractivity contribution in [3.05, 3.63) is 62.0 Å². The van der Waals surface area contributed by atoms with Gasteiger partial charge >= 0.3 is 0 Å². The Morgan fingerprint density at radius 3 is 2.71 bits per heavy atom. The molecule has 1 atom stereocenters. The van der Waals surface area contributed by atoms with E-state index in [1.54, 1.807) is 13.2 Å². The van der Waals surface area contributed by atoms with Crippen LogP contribution < -0.4 is 16.0 Å². The normalized spacial score (nSPS) is 12.2. The Bertz CT molecular complexity index is 637. The Balaban J connectivity index is 2.35. The van der Waals surface area contributed by atoms with E-state index >= 15 is 0 Å². The van der Waals surface area contributed by atoms with Gasteiger partial charge in [-0.3, -0.25) is 11.3 Å². The van der Waals surface area contributed by atoms with E-state index in [4.69, 9.17) is 33.8 Å². The van der Waals surface area contributed by atoms with Crippen LogP contribution in [0.1, 0.15) is 17.2 Å². The number of ether oxygens (including phenoxy) is 1. The number of nitrogens with two attached hydrogens (primary N) is 1. The zero-order valence-corrected chi connectivity index (χ0v) is 14.5. The molecular formula is C15H15BrCl2N2O. The van der Waals surface area contributed by atoms with Gasteiger partial charge in [0.1, 0.15) is 5.75 Å². The third-order valence-electron chi connectivity index (χ3n) is 3.22. The van der Waals surface area contributed by atoms with E-state index in [1.807, 2.05) is 30.3 Å². The molecule has 0 heterocycles. The zero-order chi connectivity index (χ0) is 15.4. The zero-order valence-electron chi connectivity index (χ0n) is 11.4. The van der Waals surface area contributed by atoms with Gasteiger partial charge in [0.25, 0.3) is 0 Å². The SMILES string of the molecule is COc1ccc(Br)cc1CC(NN)c1cccc(Cl)c1Cl. The van der Waals surface area contributed by atoms with Gasteiger partial charge in [0.05, 0.1) is 23.2 Å². The number of methoxy groups -OCH3 is 1. The fourth-order valence-electron chi connectivity index (χ4n) is 2.17. The lowest BCUT2D eigenvalue weighted by Gasteiger charge is -2.20. The maximum atomic E-state index is 6.27. The summed E-state index contributed by atoms with van der Waals surface area (Å²) in [5, 5.41) is 1.02. The molecule has 0 aromatic heterocycles. The van der Waals surface area contributed by atoms with Crippen LogP contribution in [-0.4, -0.2) is 7.11 Å². The summed E-state index contributed by atoms with van der Waals surface area (Å²) in [6.07, 6.45) is 0.624. The van der Waals surface area contributed by atoms with Crippen molar-refractivity contribution < 1.29 is 4.74 Å². The van der Waals surface area contributed by atoms with Gasteiger partial charge in [-0.15, -0.1) is 0 Å². The highest BCUT2D eigenvalue weighted by Gasteiger charge is 2.17. The van der Waals surface area contributed by atoms with E-state index in [9.17, 15) is 0 Å². The molecule has 3 nitrogen and oxygen atoms in total. The third-order valence-corrected chi connectivity index (χ3v) is 4.55. The number of hydrogen-bond acceptors (Lipinski definition) is 3. The monoisotopic (exact) mass is 388 g/mol. The molecule has 0 aliphatic carbocycles. The number of hydrogen-bond donors (Lipinski definition) is 2. The van der Waals surface area contributed by atoms with E-state index in [-0.39, 0.29) is 6.04 Å². The van der Waals surface area contributed by atoms with Crippen LogP contribution in [0.4, 0.5) is 0 Å². The second-order valence-corrected chi connectivity index (χ2v) is 6.22. The molecular weight excluding hydrogens is 375 g/mol. The predicted octanol–water partition coefficient (Wildman–Crippen LogP) is 4.51. The Labute approximate surface area is 142 Å². The molecule has 112 valence electrons. The molecule has 21 heavy (non-hydrogen) atoms. The van der Waals surface area contributed by atoms with Crippen LogP contribution >= 0.6 is 39.1 Å². The van der Waals surface area contributed by atoms with Crippen LogP contribution in [0.5, 0.6) is 5.75 Å². The Hall–Kier alpha value is -0.780. The van der Waals surface area contributed by atoms with E-state index in [1.165, 1.54) is 0 Å². The molecule has 0 bridgehead atoms. The van der Waals surface area contributed by atoms with Crippen LogP contribution in [0, 0.1) is 0 Å². The van der Waals surface area contributed by atoms with Gasteiger partial charge in [-0.05, 0) is 41.8 Å². The molecule has 0 aliphatic rings. The molecule has 0 radical (unpaired) electrons. The lowest BCUT2D eigenvalue weighted by atomic mass is 9.98. The fraction of sp³-hybridized carbons (Fsp3) is 0.200. The van der Waals surface area contributed by atoms with Crippen LogP contribution in [0.15, 0.2) is 40.9 Å². The molecule has 0 amide bonds. The summed E-state index contributed by atoms with van der Waals surface area (Å²) < 4.78 is 6.37. The standard InChI is InChI=1S/C15H15BrCl2N2O/c1-21-14-6-5-10(16)7-9(14)8-13(20-19)11-3-2-4-12(17)15(11)18/h2-7,13,20H,8,19H2,1H3. The maximum Gasteiger partial charge on any atom is 0.122 e. The molecule has 2 aromatic rings. The highest BCUT2D eigenvalue weighted by atomic mass is 79.9. The first-order valence-corrected chi connectivity index (χ1v) is 7.84. The molecule has 0 fully saturated rings. The van der Waals surface area contributed by atoms with Gasteiger partial charge in [-0.2, -0.15) is 0 Å². The molecule has 0 aliphatic heterocycles. The van der Waals surface area contributed by atoms with Crippen LogP contribution in [0.25, 0.3) is 0 Å². The molecule has 1 unspecified atom stereocenters. The smallest absolute Gasteiger partial charge is 0.122 e. The second kappa shape index (κ2) is 7.47. The number of nitrogens with one attached hydrogen (secondary N) is 1. The van der Waals surface area contributed by atoms with Crippen molar-refractivity contribution in [2.24, 2.45) is 5.84 Å². The lowest BCUT2D eigenvalue weighted by Crippen LogP contribution is -2.30. The van der Waals surface area contributed by atoms with Crippen molar-refractivity contribution in [3.8, 4) is 5.75 Å². The van der Waals surface area contributed by atoms with Crippen molar-refractivity contribution in [1.82, 2.24) is 5.43 Å². The average Bonchev–Trinajstić information content (AvgIpc) is 2.48. The van der Waals surface area contributed by atoms with Crippen LogP contribution in [0.3, 0.4) is 0 Å². The van der Waals surface area contributed by atoms with E-state index in [0.29, 0.717) is 16.5 Å². The first-order chi connectivity index (χ1) is 10.1. The van der Waals surface area contributed by atoms with Gasteiger partial charge in [0.2, 0.25) is 0 Å². The molecule has 3 N–H and O–H groups in total. The van der Waals surface area contributed by atoms with Crippen molar-refractivity contribution in [3.63, 3.8) is 0 Å². The highest BCUT2D eigenvalue weighted by Crippen LogP contribution is 2.33. The van der Waals surface area contributed by atoms with Crippen molar-refractivity contribution in [1.29, 1.82) is 0 Å². The minimum Gasteiger partial charge on any atom is -0.496 e. The molecule has 0 saturated heterocycles. The molecule has 6 heteroatoms. The third kappa shape index (κ3) is 3.90. The second-order valence-electron chi connectivity index (χ2n) is 4.52. The lowest BCUT2D eigenvalue weighted by molar-refractivity contribution is 0.405. The minimum absolute atomic E-state index is 0.167. The highest BCUT2D eigenvalue weighted by molar-refractivity contribution is 9.10. The summed E-state index contributed by atoms with van der Waals surface area (Å²) >= 11 is 15.8. The van der Waals surface area contributed by atoms with Gasteiger partial charge < -0.3 is 4.74 Å². The first kappa shape index (κ1) is 16.6. The van der Waals surface area contributed by atoms with Crippen molar-refractivity contribution in [2.75, 3.05) is 7.11 Å². The van der Waals surface area contributed by atoms with Gasteiger partial charge in [-0.1, -0.05) is 51.3 Å². The Morgan fingerprint density at radius 2 is 2.05 bits per heavy atom. The quantitative estimate of drug-likeness (QED) is 0.584. The number of halogens is 3. The van der Waals surface area contributed by atoms with Crippen LogP contribution in [0.2, 0.25) is 10.0 Å². The van der Waals surface area contributed by atoms with Crippen molar-refractivity contribution in [2.45, 2.75) is 12.5 Å². The topological polar surface area (TPSA) is 47.3 Å². The Kier molecular flexibility index (Phi) is 5.90. The van der Waals surface area contributed by atoms with Gasteiger partial charge in [-0.25, -0.2) is 0 Å².